The van der Waals surface area contributed by atoms with Crippen LogP contribution >= 0.6 is 23.2 Å². The van der Waals surface area contributed by atoms with Crippen LogP contribution in [0.2, 0.25) is 10.0 Å². The molecule has 0 bridgehead atoms. The maximum absolute atomic E-state index is 12.2. The van der Waals surface area contributed by atoms with E-state index < -0.39 is 0 Å². The van der Waals surface area contributed by atoms with Crippen LogP contribution in [0.25, 0.3) is 0 Å². The van der Waals surface area contributed by atoms with Gasteiger partial charge >= 0.3 is 0 Å². The number of benzene rings is 1. The number of halogens is 2. The smallest absolute Gasteiger partial charge is 0.227 e. The normalized spacial score (nSPS) is 16.7. The lowest BCUT2D eigenvalue weighted by molar-refractivity contribution is -0.132. The van der Waals surface area contributed by atoms with Gasteiger partial charge in [-0.15, -0.1) is 0 Å². The molecule has 0 aliphatic carbocycles. The van der Waals surface area contributed by atoms with Gasteiger partial charge in [0.25, 0.3) is 0 Å². The molecule has 1 aromatic carbocycles. The lowest BCUT2D eigenvalue weighted by Crippen LogP contribution is -2.47. The van der Waals surface area contributed by atoms with Crippen LogP contribution in [-0.2, 0) is 11.2 Å². The second-order valence-electron chi connectivity index (χ2n) is 4.83. The van der Waals surface area contributed by atoms with Crippen molar-refractivity contribution in [3.63, 3.8) is 0 Å². The Labute approximate surface area is 123 Å². The van der Waals surface area contributed by atoms with Crippen LogP contribution in [0.5, 0.6) is 0 Å². The number of hydrogen-bond acceptors (Lipinski definition) is 3. The molecule has 2 N–H and O–H groups in total. The molecule has 1 aliphatic rings. The van der Waals surface area contributed by atoms with Gasteiger partial charge in [0.05, 0.1) is 22.2 Å². The van der Waals surface area contributed by atoms with Crippen molar-refractivity contribution in [3.8, 4) is 0 Å². The third-order valence-corrected chi connectivity index (χ3v) is 3.98. The molecular formula is C13H17Cl2N3O. The van der Waals surface area contributed by atoms with E-state index in [1.807, 2.05) is 4.90 Å². The zero-order chi connectivity index (χ0) is 14.0. The second-order valence-corrected chi connectivity index (χ2v) is 5.65. The van der Waals surface area contributed by atoms with Crippen molar-refractivity contribution in [3.05, 3.63) is 27.7 Å². The fraction of sp³-hybridized carbons (Fsp3) is 0.462. The first-order chi connectivity index (χ1) is 8.97. The quantitative estimate of drug-likeness (QED) is 0.849. The Morgan fingerprint density at radius 2 is 1.74 bits per heavy atom. The Kier molecular flexibility index (Phi) is 4.55. The molecule has 2 rings (SSSR count). The zero-order valence-electron chi connectivity index (χ0n) is 10.8. The molecule has 104 valence electrons. The first-order valence-electron chi connectivity index (χ1n) is 6.17. The number of rotatable bonds is 2. The molecule has 1 amide bonds. The van der Waals surface area contributed by atoms with Gasteiger partial charge in [0, 0.05) is 26.2 Å². The first-order valence-corrected chi connectivity index (χ1v) is 6.92. The molecule has 0 aromatic heterocycles. The number of carbonyl (C=O) groups excluding carboxylic acids is 1. The maximum Gasteiger partial charge on any atom is 0.227 e. The van der Waals surface area contributed by atoms with Crippen molar-refractivity contribution in [2.45, 2.75) is 6.42 Å². The van der Waals surface area contributed by atoms with Gasteiger partial charge in [-0.1, -0.05) is 23.2 Å². The van der Waals surface area contributed by atoms with Crippen LogP contribution in [-0.4, -0.2) is 48.9 Å². The van der Waals surface area contributed by atoms with Crippen molar-refractivity contribution in [2.75, 3.05) is 39.0 Å². The van der Waals surface area contributed by atoms with Crippen molar-refractivity contribution < 1.29 is 4.79 Å². The summed E-state index contributed by atoms with van der Waals surface area (Å²) in [7, 11) is 2.06. The second kappa shape index (κ2) is 5.99. The highest BCUT2D eigenvalue weighted by atomic mass is 35.5. The molecule has 1 aliphatic heterocycles. The van der Waals surface area contributed by atoms with Gasteiger partial charge < -0.3 is 15.5 Å². The van der Waals surface area contributed by atoms with E-state index in [2.05, 4.69) is 11.9 Å². The molecule has 0 radical (unpaired) electrons. The molecule has 1 aromatic rings. The number of anilines is 1. The molecule has 1 saturated heterocycles. The molecule has 1 heterocycles. The summed E-state index contributed by atoms with van der Waals surface area (Å²) in [6.07, 6.45) is 0.309. The van der Waals surface area contributed by atoms with Crippen molar-refractivity contribution in [1.82, 2.24) is 9.80 Å². The lowest BCUT2D eigenvalue weighted by atomic mass is 10.1. The number of nitrogens with zero attached hydrogens (tertiary/aromatic N) is 2. The van der Waals surface area contributed by atoms with E-state index in [-0.39, 0.29) is 5.91 Å². The van der Waals surface area contributed by atoms with Crippen LogP contribution in [0.4, 0.5) is 5.69 Å². The van der Waals surface area contributed by atoms with Gasteiger partial charge in [0.15, 0.2) is 0 Å². The third-order valence-electron chi connectivity index (χ3n) is 3.35. The summed E-state index contributed by atoms with van der Waals surface area (Å²) in [6, 6.07) is 3.41. The van der Waals surface area contributed by atoms with Crippen molar-refractivity contribution in [1.29, 1.82) is 0 Å². The monoisotopic (exact) mass is 301 g/mol. The molecule has 1 fully saturated rings. The van der Waals surface area contributed by atoms with E-state index in [0.29, 0.717) is 22.2 Å². The molecule has 0 unspecified atom stereocenters. The summed E-state index contributed by atoms with van der Waals surface area (Å²) in [5, 5.41) is 0.794. The van der Waals surface area contributed by atoms with Crippen LogP contribution in [0.15, 0.2) is 12.1 Å². The average molecular weight is 302 g/mol. The minimum atomic E-state index is 0.102. The number of carbonyl (C=O) groups is 1. The van der Waals surface area contributed by atoms with Crippen LogP contribution in [0.1, 0.15) is 5.56 Å². The fourth-order valence-corrected chi connectivity index (χ4v) is 2.61. The summed E-state index contributed by atoms with van der Waals surface area (Å²) in [6.45, 7) is 3.36. The Morgan fingerprint density at radius 3 is 2.26 bits per heavy atom. The molecule has 4 nitrogen and oxygen atoms in total. The van der Waals surface area contributed by atoms with Gasteiger partial charge in [0.2, 0.25) is 5.91 Å². The Morgan fingerprint density at radius 1 is 1.21 bits per heavy atom. The lowest BCUT2D eigenvalue weighted by Gasteiger charge is -2.32. The van der Waals surface area contributed by atoms with Crippen LogP contribution in [0, 0.1) is 0 Å². The SMILES string of the molecule is CN1CCN(C(=O)Cc2cc(Cl)c(N)c(Cl)c2)CC1. The summed E-state index contributed by atoms with van der Waals surface area (Å²) in [5.74, 6) is 0.102. The van der Waals surface area contributed by atoms with Gasteiger partial charge in [-0.2, -0.15) is 0 Å². The summed E-state index contributed by atoms with van der Waals surface area (Å²) < 4.78 is 0. The maximum atomic E-state index is 12.2. The minimum absolute atomic E-state index is 0.102. The number of likely N-dealkylation sites (N-methyl/N-ethyl adjacent to an activating group) is 1. The molecule has 6 heteroatoms. The highest BCUT2D eigenvalue weighted by molar-refractivity contribution is 6.38. The van der Waals surface area contributed by atoms with E-state index in [1.165, 1.54) is 0 Å². The molecule has 0 saturated carbocycles. The van der Waals surface area contributed by atoms with E-state index in [1.54, 1.807) is 12.1 Å². The third kappa shape index (κ3) is 3.53. The topological polar surface area (TPSA) is 49.6 Å². The summed E-state index contributed by atoms with van der Waals surface area (Å²) >= 11 is 11.9. The predicted octanol–water partition coefficient (Wildman–Crippen LogP) is 1.89. The van der Waals surface area contributed by atoms with E-state index in [0.717, 1.165) is 31.7 Å². The van der Waals surface area contributed by atoms with E-state index in [4.69, 9.17) is 28.9 Å². The Hall–Kier alpha value is -0.970. The highest BCUT2D eigenvalue weighted by Crippen LogP contribution is 2.29. The fourth-order valence-electron chi connectivity index (χ4n) is 2.08. The number of piperazine rings is 1. The Bertz CT molecular complexity index is 462. The molecular weight excluding hydrogens is 285 g/mol. The van der Waals surface area contributed by atoms with Gasteiger partial charge in [-0.05, 0) is 24.7 Å². The van der Waals surface area contributed by atoms with Gasteiger partial charge in [-0.25, -0.2) is 0 Å². The largest absolute Gasteiger partial charge is 0.396 e. The number of nitrogen functional groups attached to an aromatic ring is 1. The standard InChI is InChI=1S/C13H17Cl2N3O/c1-17-2-4-18(5-3-17)12(19)8-9-6-10(14)13(16)11(15)7-9/h6-7H,2-5,8,16H2,1H3. The van der Waals surface area contributed by atoms with Crippen molar-refractivity contribution in [2.24, 2.45) is 0 Å². The summed E-state index contributed by atoms with van der Waals surface area (Å²) in [4.78, 5) is 16.3. The molecule has 19 heavy (non-hydrogen) atoms. The van der Waals surface area contributed by atoms with Crippen LogP contribution in [0.3, 0.4) is 0 Å². The number of amides is 1. The molecule has 0 atom stereocenters. The predicted molar refractivity (Wildman–Crippen MR) is 78.7 cm³/mol. The zero-order valence-corrected chi connectivity index (χ0v) is 12.3. The minimum Gasteiger partial charge on any atom is -0.396 e. The van der Waals surface area contributed by atoms with E-state index in [9.17, 15) is 4.79 Å². The Balaban J connectivity index is 2.03. The van der Waals surface area contributed by atoms with Crippen LogP contribution < -0.4 is 5.73 Å². The highest BCUT2D eigenvalue weighted by Gasteiger charge is 2.19. The average Bonchev–Trinajstić information content (AvgIpc) is 2.36. The van der Waals surface area contributed by atoms with Gasteiger partial charge in [0.1, 0.15) is 0 Å². The first kappa shape index (κ1) is 14.4. The van der Waals surface area contributed by atoms with Crippen molar-refractivity contribution >= 4 is 34.8 Å². The van der Waals surface area contributed by atoms with E-state index >= 15 is 0 Å². The number of hydrogen-bond donors (Lipinski definition) is 1. The number of nitrogens with two attached hydrogens (primary N) is 1. The summed E-state index contributed by atoms with van der Waals surface area (Å²) in [5.41, 5.74) is 6.83. The van der Waals surface area contributed by atoms with Gasteiger partial charge in [-0.3, -0.25) is 4.79 Å². The molecule has 0 spiro atoms.